The molecule has 1 aromatic carbocycles. The molecule has 100 valence electrons. The molecule has 4 nitrogen and oxygen atoms in total. The predicted octanol–water partition coefficient (Wildman–Crippen LogP) is 3.16. The van der Waals surface area contributed by atoms with Gasteiger partial charge in [-0.25, -0.2) is 0 Å². The van der Waals surface area contributed by atoms with E-state index in [0.717, 1.165) is 24.9 Å². The molecule has 0 aliphatic rings. The van der Waals surface area contributed by atoms with E-state index in [2.05, 4.69) is 26.1 Å². The minimum atomic E-state index is -0.299. The minimum absolute atomic E-state index is 0.229. The Morgan fingerprint density at radius 3 is 2.61 bits per heavy atom. The quantitative estimate of drug-likeness (QED) is 0.597. The molecule has 1 N–H and O–H groups in total. The maximum absolute atomic E-state index is 10.9. The predicted molar refractivity (Wildman–Crippen MR) is 73.7 cm³/mol. The van der Waals surface area contributed by atoms with Crippen molar-refractivity contribution in [2.45, 2.75) is 39.7 Å². The molecule has 18 heavy (non-hydrogen) atoms. The largest absolute Gasteiger partial charge is 0.314 e. The van der Waals surface area contributed by atoms with Gasteiger partial charge in [-0.3, -0.25) is 10.1 Å². The van der Waals surface area contributed by atoms with Gasteiger partial charge >= 0.3 is 0 Å². The molecule has 2 atom stereocenters. The summed E-state index contributed by atoms with van der Waals surface area (Å²) in [6, 6.07) is 7.36. The number of nitrogens with one attached hydrogen (secondary N) is 1. The van der Waals surface area contributed by atoms with E-state index < -0.39 is 0 Å². The lowest BCUT2D eigenvalue weighted by Gasteiger charge is -2.21. The zero-order valence-electron chi connectivity index (χ0n) is 11.3. The van der Waals surface area contributed by atoms with Crippen LogP contribution in [0.25, 0.3) is 0 Å². The second-order valence-electron chi connectivity index (χ2n) is 4.81. The number of hydrogen-bond acceptors (Lipinski definition) is 3. The van der Waals surface area contributed by atoms with Crippen LogP contribution in [-0.4, -0.2) is 17.5 Å². The molecule has 4 heteroatoms. The number of hydrogen-bond donors (Lipinski definition) is 1. The van der Waals surface area contributed by atoms with Gasteiger partial charge in [0, 0.05) is 17.7 Å². The van der Waals surface area contributed by atoms with Crippen LogP contribution < -0.4 is 5.32 Å². The Morgan fingerprint density at radius 2 is 2.00 bits per heavy atom. The molecule has 0 fully saturated rings. The molecule has 0 heterocycles. The molecule has 0 saturated heterocycles. The highest BCUT2D eigenvalue weighted by Gasteiger charge is 2.18. The minimum Gasteiger partial charge on any atom is -0.314 e. The fourth-order valence-electron chi connectivity index (χ4n) is 1.96. The SMILES string of the molecule is CCCNC(C)C(C)Cc1ccccc1[N+](=O)[O-]. The molecule has 1 rings (SSSR count). The maximum atomic E-state index is 10.9. The van der Waals surface area contributed by atoms with Crippen molar-refractivity contribution in [3.8, 4) is 0 Å². The van der Waals surface area contributed by atoms with E-state index in [1.54, 1.807) is 12.1 Å². The summed E-state index contributed by atoms with van der Waals surface area (Å²) in [5.41, 5.74) is 1.05. The molecule has 0 bridgehead atoms. The van der Waals surface area contributed by atoms with Crippen LogP contribution in [0.4, 0.5) is 5.69 Å². The summed E-state index contributed by atoms with van der Waals surface area (Å²) in [6.45, 7) is 7.38. The molecular formula is C14H22N2O2. The summed E-state index contributed by atoms with van der Waals surface area (Å²) in [5.74, 6) is 0.373. The van der Waals surface area contributed by atoms with Gasteiger partial charge in [0.05, 0.1) is 4.92 Å². The lowest BCUT2D eigenvalue weighted by atomic mass is 9.94. The third-order valence-electron chi connectivity index (χ3n) is 3.30. The third-order valence-corrected chi connectivity index (χ3v) is 3.30. The Morgan fingerprint density at radius 1 is 1.33 bits per heavy atom. The average Bonchev–Trinajstić information content (AvgIpc) is 2.36. The van der Waals surface area contributed by atoms with Crippen LogP contribution in [0.15, 0.2) is 24.3 Å². The van der Waals surface area contributed by atoms with E-state index in [-0.39, 0.29) is 10.6 Å². The fraction of sp³-hybridized carbons (Fsp3) is 0.571. The third kappa shape index (κ3) is 4.11. The lowest BCUT2D eigenvalue weighted by Crippen LogP contribution is -2.33. The first kappa shape index (κ1) is 14.6. The van der Waals surface area contributed by atoms with Gasteiger partial charge in [-0.1, -0.05) is 32.0 Å². The molecule has 0 aromatic heterocycles. The summed E-state index contributed by atoms with van der Waals surface area (Å²) < 4.78 is 0. The van der Waals surface area contributed by atoms with Crippen LogP contribution in [0.1, 0.15) is 32.8 Å². The highest BCUT2D eigenvalue weighted by atomic mass is 16.6. The Kier molecular flexibility index (Phi) is 5.78. The topological polar surface area (TPSA) is 55.2 Å². The first-order valence-corrected chi connectivity index (χ1v) is 6.52. The second-order valence-corrected chi connectivity index (χ2v) is 4.81. The summed E-state index contributed by atoms with van der Waals surface area (Å²) in [6.07, 6.45) is 1.83. The van der Waals surface area contributed by atoms with Crippen LogP contribution in [0, 0.1) is 16.0 Å². The summed E-state index contributed by atoms with van der Waals surface area (Å²) in [7, 11) is 0. The van der Waals surface area contributed by atoms with Crippen LogP contribution in [0.3, 0.4) is 0 Å². The van der Waals surface area contributed by atoms with E-state index in [9.17, 15) is 10.1 Å². The van der Waals surface area contributed by atoms with Gasteiger partial charge in [-0.15, -0.1) is 0 Å². The normalized spacial score (nSPS) is 14.2. The average molecular weight is 250 g/mol. The van der Waals surface area contributed by atoms with E-state index in [1.807, 2.05) is 12.1 Å². The molecule has 2 unspecified atom stereocenters. The van der Waals surface area contributed by atoms with Crippen molar-refractivity contribution in [2.75, 3.05) is 6.54 Å². The Balaban J connectivity index is 2.69. The van der Waals surface area contributed by atoms with E-state index in [1.165, 1.54) is 0 Å². The van der Waals surface area contributed by atoms with Crippen molar-refractivity contribution in [1.29, 1.82) is 0 Å². The van der Waals surface area contributed by atoms with Gasteiger partial charge in [-0.05, 0) is 32.2 Å². The summed E-state index contributed by atoms with van der Waals surface area (Å²) in [5, 5.41) is 14.4. The fourth-order valence-corrected chi connectivity index (χ4v) is 1.96. The Bertz CT molecular complexity index is 393. The summed E-state index contributed by atoms with van der Waals surface area (Å²) >= 11 is 0. The van der Waals surface area contributed by atoms with E-state index >= 15 is 0 Å². The Hall–Kier alpha value is -1.42. The molecule has 0 aliphatic heterocycles. The van der Waals surface area contributed by atoms with Crippen molar-refractivity contribution in [1.82, 2.24) is 5.32 Å². The molecule has 0 aliphatic carbocycles. The van der Waals surface area contributed by atoms with E-state index in [4.69, 9.17) is 0 Å². The van der Waals surface area contributed by atoms with Crippen LogP contribution in [0.2, 0.25) is 0 Å². The Labute approximate surface area is 109 Å². The first-order valence-electron chi connectivity index (χ1n) is 6.52. The highest BCUT2D eigenvalue weighted by molar-refractivity contribution is 5.40. The van der Waals surface area contributed by atoms with Gasteiger partial charge in [0.2, 0.25) is 0 Å². The second kappa shape index (κ2) is 7.11. The molecule has 1 aromatic rings. The number of para-hydroxylation sites is 1. The molecule has 0 saturated carbocycles. The monoisotopic (exact) mass is 250 g/mol. The van der Waals surface area contributed by atoms with Crippen LogP contribution in [-0.2, 0) is 6.42 Å². The van der Waals surface area contributed by atoms with Gasteiger partial charge < -0.3 is 5.32 Å². The van der Waals surface area contributed by atoms with Gasteiger partial charge in [0.25, 0.3) is 5.69 Å². The highest BCUT2D eigenvalue weighted by Crippen LogP contribution is 2.22. The number of rotatable bonds is 7. The van der Waals surface area contributed by atoms with Crippen molar-refractivity contribution in [3.05, 3.63) is 39.9 Å². The van der Waals surface area contributed by atoms with Crippen molar-refractivity contribution in [2.24, 2.45) is 5.92 Å². The zero-order valence-corrected chi connectivity index (χ0v) is 11.3. The van der Waals surface area contributed by atoms with Crippen molar-refractivity contribution >= 4 is 5.69 Å². The summed E-state index contributed by atoms with van der Waals surface area (Å²) in [4.78, 5) is 10.6. The molecule has 0 amide bonds. The number of nitro groups is 1. The van der Waals surface area contributed by atoms with Gasteiger partial charge in [0.15, 0.2) is 0 Å². The number of nitrogens with zero attached hydrogens (tertiary/aromatic N) is 1. The number of nitro benzene ring substituents is 1. The van der Waals surface area contributed by atoms with E-state index in [0.29, 0.717) is 12.0 Å². The van der Waals surface area contributed by atoms with Crippen LogP contribution >= 0.6 is 0 Å². The zero-order chi connectivity index (χ0) is 13.5. The molecular weight excluding hydrogens is 228 g/mol. The van der Waals surface area contributed by atoms with Crippen LogP contribution in [0.5, 0.6) is 0 Å². The van der Waals surface area contributed by atoms with Crippen molar-refractivity contribution in [3.63, 3.8) is 0 Å². The maximum Gasteiger partial charge on any atom is 0.272 e. The smallest absolute Gasteiger partial charge is 0.272 e. The number of benzene rings is 1. The van der Waals surface area contributed by atoms with Gasteiger partial charge in [-0.2, -0.15) is 0 Å². The van der Waals surface area contributed by atoms with Gasteiger partial charge in [0.1, 0.15) is 0 Å². The van der Waals surface area contributed by atoms with Crippen molar-refractivity contribution < 1.29 is 4.92 Å². The lowest BCUT2D eigenvalue weighted by molar-refractivity contribution is -0.385. The molecule has 0 spiro atoms. The first-order chi connectivity index (χ1) is 8.56. The standard InChI is InChI=1S/C14H22N2O2/c1-4-9-15-12(3)11(2)10-13-7-5-6-8-14(13)16(17)18/h5-8,11-12,15H,4,9-10H2,1-3H3. The molecule has 0 radical (unpaired) electrons.